The number of carbonyl (C=O) groups excluding carboxylic acids is 3. The normalized spacial score (nSPS) is 12.2. The summed E-state index contributed by atoms with van der Waals surface area (Å²) in [6, 6.07) is 80.1. The number of ketones is 3. The number of aliphatic hydroxyl groups is 3. The number of fused-ring (bicyclic) bond motifs is 12. The molecule has 136 heavy (non-hydrogen) atoms. The summed E-state index contributed by atoms with van der Waals surface area (Å²) in [5, 5.41) is 51.3. The molecule has 12 aromatic carbocycles. The number of hydrogen-bond acceptors (Lipinski definition) is 9. The van der Waals surface area contributed by atoms with Crippen molar-refractivity contribution in [2.24, 2.45) is 32.5 Å². The van der Waals surface area contributed by atoms with Gasteiger partial charge in [0.15, 0.2) is 17.3 Å². The van der Waals surface area contributed by atoms with Gasteiger partial charge in [0.25, 0.3) is 0 Å². The molecule has 15 aromatic rings. The van der Waals surface area contributed by atoms with E-state index < -0.39 is 0 Å². The number of aryl methyl sites for hydroxylation is 4. The van der Waals surface area contributed by atoms with E-state index in [0.717, 1.165) is 145 Å². The molecule has 0 atom stereocenters. The van der Waals surface area contributed by atoms with Crippen molar-refractivity contribution in [3.8, 4) is 33.8 Å². The molecule has 0 bridgehead atoms. The van der Waals surface area contributed by atoms with Crippen LogP contribution in [0, 0.1) is 84.2 Å². The number of halogens is 1. The Morgan fingerprint density at radius 1 is 0.316 bits per heavy atom. The Morgan fingerprint density at radius 2 is 0.640 bits per heavy atom. The quantitative estimate of drug-likeness (QED) is 0.0198. The van der Waals surface area contributed by atoms with E-state index in [-0.39, 0.29) is 133 Å². The van der Waals surface area contributed by atoms with Crippen LogP contribution in [0.25, 0.3) is 131 Å². The minimum absolute atomic E-state index is 0. The van der Waals surface area contributed by atoms with E-state index in [2.05, 4.69) is 222 Å². The van der Waals surface area contributed by atoms with Gasteiger partial charge in [-0.15, -0.1) is 76.8 Å². The summed E-state index contributed by atoms with van der Waals surface area (Å²) in [6.07, 6.45) is 22.2. The van der Waals surface area contributed by atoms with Crippen molar-refractivity contribution in [1.29, 1.82) is 0 Å². The van der Waals surface area contributed by atoms with Crippen molar-refractivity contribution in [3.63, 3.8) is 0 Å². The van der Waals surface area contributed by atoms with Crippen LogP contribution in [0.3, 0.4) is 0 Å². The molecule has 0 fully saturated rings. The summed E-state index contributed by atoms with van der Waals surface area (Å²) in [5.74, 6) is 1.16. The third-order valence-electron chi connectivity index (χ3n) is 30.4. The van der Waals surface area contributed by atoms with Gasteiger partial charge in [0.1, 0.15) is 17.3 Å². The fourth-order valence-corrected chi connectivity index (χ4v) is 17.2. The first-order valence-electron chi connectivity index (χ1n) is 48.7. The van der Waals surface area contributed by atoms with E-state index in [1.165, 1.54) is 111 Å². The van der Waals surface area contributed by atoms with Crippen LogP contribution in [0.15, 0.2) is 254 Å². The van der Waals surface area contributed by atoms with Crippen molar-refractivity contribution < 1.29 is 94.4 Å². The number of carbonyl (C=O) groups is 3. The first kappa shape index (κ1) is 113. The second-order valence-corrected chi connectivity index (χ2v) is 38.1. The van der Waals surface area contributed by atoms with Gasteiger partial charge in [0, 0.05) is 147 Å². The Hall–Kier alpha value is -10.1. The summed E-state index contributed by atoms with van der Waals surface area (Å²) in [4.78, 5) is 50.5. The van der Waals surface area contributed by atoms with Gasteiger partial charge in [-0.1, -0.05) is 328 Å². The Morgan fingerprint density at radius 3 is 1.05 bits per heavy atom. The molecule has 0 aliphatic heterocycles. The van der Waals surface area contributed by atoms with Crippen LogP contribution in [-0.4, -0.2) is 47.6 Å². The van der Waals surface area contributed by atoms with Crippen LogP contribution in [0.5, 0.6) is 0 Å². The average molecular weight is 2360 g/mol. The summed E-state index contributed by atoms with van der Waals surface area (Å²) in [6.45, 7) is 49.4. The predicted molar refractivity (Wildman–Crippen MR) is 565 cm³/mol. The number of aliphatic hydroxyl groups excluding tert-OH is 3. The molecule has 3 radical (unpaired) electrons. The molecule has 0 spiro atoms. The molecule has 0 saturated heterocycles. The number of benzene rings is 12. The number of rotatable bonds is 27. The molecule has 3 aromatic heterocycles. The van der Waals surface area contributed by atoms with Gasteiger partial charge < -0.3 is 15.3 Å². The van der Waals surface area contributed by atoms with Gasteiger partial charge in [-0.3, -0.25) is 33.7 Å². The van der Waals surface area contributed by atoms with E-state index in [0.29, 0.717) is 17.2 Å². The fourth-order valence-electron chi connectivity index (χ4n) is 17.2. The zero-order valence-electron chi connectivity index (χ0n) is 84.8. The minimum Gasteiger partial charge on any atom is -0.512 e. The number of hydrogen-bond donors (Lipinski definition) is 3. The Balaban J connectivity index is 0.000000225. The second-order valence-electron chi connectivity index (χ2n) is 38.1. The molecule has 13 heteroatoms. The van der Waals surface area contributed by atoms with Gasteiger partial charge in [-0.05, 0) is 217 Å². The Bertz CT molecular complexity index is 6610. The van der Waals surface area contributed by atoms with E-state index in [9.17, 15) is 34.1 Å². The fraction of sp³-hybridized carbons (Fsp3) is 0.366. The summed E-state index contributed by atoms with van der Waals surface area (Å²) < 4.78 is 14.8. The van der Waals surface area contributed by atoms with Crippen molar-refractivity contribution in [1.82, 2.24) is 15.0 Å². The smallest absolute Gasteiger partial charge is 0.164 e. The van der Waals surface area contributed by atoms with E-state index in [1.807, 2.05) is 173 Å². The third kappa shape index (κ3) is 25.5. The van der Waals surface area contributed by atoms with Crippen LogP contribution in [0.4, 0.5) is 4.39 Å². The average Bonchev–Trinajstić information content (AvgIpc) is 0.763. The minimum atomic E-state index is -0.337. The maximum atomic E-state index is 14.8. The van der Waals surface area contributed by atoms with Crippen LogP contribution < -0.4 is 0 Å². The van der Waals surface area contributed by atoms with Crippen LogP contribution in [0.2, 0.25) is 0 Å². The summed E-state index contributed by atoms with van der Waals surface area (Å²) in [7, 11) is 0. The molecule has 9 nitrogen and oxygen atoms in total. The maximum absolute atomic E-state index is 14.8. The monoisotopic (exact) mass is 2360 g/mol. The SMILES string of the molecule is CCC(C)(CC)C(=O)C=C(O)C(C)(CC)CC.CCC(C)(CC)C(=O)C=C(O)C(C)(CC)CC.CCC(C)(CC)C(=O)C=C(O)C(C)(CC)CC.CCC(CC)c1cccc2[c-]c(-c3nccc4c3ccc3cc(C)ccc34)ccc12.Cc1cc2ccc3c(-c4[c-]c5ccccc5cc4)nccc3c2cc1C.Cc1ccc2c(ccc3c(-c4[c-]c5ccccc5cc4F)nccc32)c1.[Ir].[Ir].[Ir]. The van der Waals surface area contributed by atoms with Crippen LogP contribution >= 0.6 is 0 Å². The zero-order valence-corrected chi connectivity index (χ0v) is 92.0. The van der Waals surface area contributed by atoms with Gasteiger partial charge in [-0.25, -0.2) is 0 Å². The van der Waals surface area contributed by atoms with Gasteiger partial charge in [0.2, 0.25) is 0 Å². The molecule has 0 saturated carbocycles. The molecule has 3 heterocycles. The standard InChI is InChI=1S/C29H26N.C25H18N.C24H15FN.3C15H28O2.3Ir/c1-4-20(5-2)24-8-6-7-21-18-23(11-13-25(21)24)29-28-14-10-22-17-19(3)9-12-26(22)27(28)15-16-30-29;1-16-13-20-9-10-23-22(24(20)14-17(16)2)11-12-26-25(23)21-8-7-18-5-3-4-6-19(18)15-21;1-15-6-8-19-18(12-15)7-9-21-20(19)10-11-26-24(21)22-13-16-4-2-3-5-17(16)14-23(22)25;3*1-7-14(5,8-2)12(16)11-13(17)15(6,9-3)10-4;;;/h6-17,20H,4-5H2,1-3H3;3-14H,1-2H3;2-12,14H,1H3;3*11,16H,7-10H2,1-6H3;;;/q3*-1;;;;;;. The number of aromatic nitrogens is 3. The van der Waals surface area contributed by atoms with Gasteiger partial charge >= 0.3 is 0 Å². The van der Waals surface area contributed by atoms with Gasteiger partial charge in [-0.2, -0.15) is 0 Å². The molecule has 0 unspecified atom stereocenters. The molecular formula is C123H143FIr3N3O6-3. The Kier molecular flexibility index (Phi) is 41.5. The maximum Gasteiger partial charge on any atom is 0.164 e. The third-order valence-corrected chi connectivity index (χ3v) is 30.4. The van der Waals surface area contributed by atoms with Crippen molar-refractivity contribution in [3.05, 3.63) is 306 Å². The Labute approximate surface area is 851 Å². The molecule has 723 valence electrons. The van der Waals surface area contributed by atoms with Gasteiger partial charge in [0.05, 0.1) is 5.82 Å². The summed E-state index contributed by atoms with van der Waals surface area (Å²) in [5.41, 5.74) is 9.93. The molecule has 3 N–H and O–H groups in total. The molecule has 0 aliphatic rings. The van der Waals surface area contributed by atoms with E-state index >= 15 is 0 Å². The van der Waals surface area contributed by atoms with Crippen molar-refractivity contribution in [2.75, 3.05) is 0 Å². The van der Waals surface area contributed by atoms with E-state index in [1.54, 1.807) is 12.3 Å². The molecule has 0 amide bonds. The number of allylic oxidation sites excluding steroid dienone is 6. The van der Waals surface area contributed by atoms with E-state index in [4.69, 9.17) is 9.97 Å². The topological polar surface area (TPSA) is 151 Å². The molecule has 15 rings (SSSR count). The zero-order chi connectivity index (χ0) is 97.1. The first-order chi connectivity index (χ1) is 63.5. The first-order valence-corrected chi connectivity index (χ1v) is 48.7. The van der Waals surface area contributed by atoms with Crippen molar-refractivity contribution in [2.45, 2.75) is 262 Å². The van der Waals surface area contributed by atoms with Crippen LogP contribution in [-0.2, 0) is 74.7 Å². The largest absolute Gasteiger partial charge is 0.512 e. The van der Waals surface area contributed by atoms with Crippen molar-refractivity contribution >= 4 is 114 Å². The second kappa shape index (κ2) is 50.0. The summed E-state index contributed by atoms with van der Waals surface area (Å²) >= 11 is 0. The predicted octanol–water partition coefficient (Wildman–Crippen LogP) is 35.2. The number of nitrogens with zero attached hydrogens (tertiary/aromatic N) is 3. The number of pyridine rings is 3. The molecular weight excluding hydrogens is 2210 g/mol. The molecule has 0 aliphatic carbocycles. The van der Waals surface area contributed by atoms with Crippen LogP contribution in [0.1, 0.15) is 262 Å².